The second kappa shape index (κ2) is 6.94. The van der Waals surface area contributed by atoms with Crippen LogP contribution in [0.1, 0.15) is 52.0 Å². The molecule has 4 unspecified atom stereocenters. The van der Waals surface area contributed by atoms with E-state index >= 15 is 0 Å². The van der Waals surface area contributed by atoms with Crippen molar-refractivity contribution in [3.63, 3.8) is 0 Å². The van der Waals surface area contributed by atoms with E-state index in [0.717, 1.165) is 28.4 Å². The summed E-state index contributed by atoms with van der Waals surface area (Å²) >= 11 is 0. The predicted octanol–water partition coefficient (Wildman–Crippen LogP) is 4.18. The van der Waals surface area contributed by atoms with E-state index in [0.29, 0.717) is 28.8 Å². The highest BCUT2D eigenvalue weighted by Gasteiger charge is 2.59. The summed E-state index contributed by atoms with van der Waals surface area (Å²) in [7, 11) is 0. The van der Waals surface area contributed by atoms with Gasteiger partial charge in [0, 0.05) is 29.4 Å². The topological polar surface area (TPSA) is 86.7 Å². The number of nitrogens with zero attached hydrogens (tertiary/aromatic N) is 5. The van der Waals surface area contributed by atoms with E-state index in [4.69, 9.17) is 9.72 Å². The first-order chi connectivity index (χ1) is 15.7. The fourth-order valence-corrected chi connectivity index (χ4v) is 6.58. The predicted molar refractivity (Wildman–Crippen MR) is 125 cm³/mol. The highest BCUT2D eigenvalue weighted by Crippen LogP contribution is 2.60. The zero-order valence-corrected chi connectivity index (χ0v) is 19.3. The number of hydrogen-bond acceptors (Lipinski definition) is 6. The first-order valence-corrected chi connectivity index (χ1v) is 11.8. The molecule has 3 aromatic rings. The highest BCUT2D eigenvalue weighted by atomic mass is 16.5. The number of aromatic nitrogens is 3. The molecular formula is C26H29N5O2. The van der Waals surface area contributed by atoms with Gasteiger partial charge in [-0.2, -0.15) is 10.4 Å². The summed E-state index contributed by atoms with van der Waals surface area (Å²) in [6.45, 7) is 6.01. The van der Waals surface area contributed by atoms with E-state index in [1.807, 2.05) is 12.3 Å². The van der Waals surface area contributed by atoms with Crippen LogP contribution in [0.15, 0.2) is 36.8 Å². The molecule has 2 aliphatic heterocycles. The van der Waals surface area contributed by atoms with Gasteiger partial charge < -0.3 is 14.7 Å². The van der Waals surface area contributed by atoms with Crippen molar-refractivity contribution in [2.75, 3.05) is 11.5 Å². The van der Waals surface area contributed by atoms with E-state index in [1.54, 1.807) is 30.8 Å². The number of hydrogen-bond donors (Lipinski definition) is 1. The Labute approximate surface area is 193 Å². The van der Waals surface area contributed by atoms with Gasteiger partial charge in [0.25, 0.3) is 0 Å². The van der Waals surface area contributed by atoms with Crippen molar-refractivity contribution in [3.05, 3.63) is 42.4 Å². The van der Waals surface area contributed by atoms with Crippen LogP contribution < -0.4 is 9.64 Å². The molecule has 2 saturated heterocycles. The molecule has 0 spiro atoms. The molecule has 0 amide bonds. The van der Waals surface area contributed by atoms with Crippen molar-refractivity contribution in [1.29, 1.82) is 5.26 Å². The van der Waals surface area contributed by atoms with Gasteiger partial charge in [-0.1, -0.05) is 6.92 Å². The molecule has 0 radical (unpaired) electrons. The fraction of sp³-hybridized carbons (Fsp3) is 0.500. The molecule has 170 valence electrons. The van der Waals surface area contributed by atoms with Crippen LogP contribution in [0.4, 0.5) is 5.82 Å². The van der Waals surface area contributed by atoms with Crippen LogP contribution >= 0.6 is 0 Å². The normalized spacial score (nSPS) is 28.0. The van der Waals surface area contributed by atoms with Gasteiger partial charge in [-0.3, -0.25) is 0 Å². The fourth-order valence-electron chi connectivity index (χ4n) is 6.58. The number of anilines is 1. The Morgan fingerprint density at radius 2 is 2.12 bits per heavy atom. The zero-order chi connectivity index (χ0) is 23.0. The number of rotatable bonds is 5. The SMILES string of the molecule is CC(C)(O)COc1cc(-c2ccc(N3C4CC5CC3C(C)(C5)C4)nc2)c2c(C#N)cnn2c1. The van der Waals surface area contributed by atoms with Crippen LogP contribution in [0.2, 0.25) is 0 Å². The Bertz CT molecular complexity index is 1270. The maximum absolute atomic E-state index is 10.1. The lowest BCUT2D eigenvalue weighted by molar-refractivity contribution is 0.0283. The van der Waals surface area contributed by atoms with Crippen LogP contribution in [0.5, 0.6) is 5.75 Å². The second-order valence-electron chi connectivity index (χ2n) is 11.0. The van der Waals surface area contributed by atoms with Crippen LogP contribution in [0.3, 0.4) is 0 Å². The van der Waals surface area contributed by atoms with Gasteiger partial charge in [-0.15, -0.1) is 0 Å². The number of pyridine rings is 2. The summed E-state index contributed by atoms with van der Waals surface area (Å²) in [6.07, 6.45) is 10.4. The number of aliphatic hydroxyl groups is 1. The van der Waals surface area contributed by atoms with Crippen LogP contribution in [0.25, 0.3) is 16.6 Å². The van der Waals surface area contributed by atoms with Crippen molar-refractivity contribution in [1.82, 2.24) is 14.6 Å². The molecule has 7 rings (SSSR count). The van der Waals surface area contributed by atoms with Gasteiger partial charge in [-0.05, 0) is 69.1 Å². The van der Waals surface area contributed by atoms with Gasteiger partial charge in [-0.25, -0.2) is 9.50 Å². The number of nitriles is 1. The number of ether oxygens (including phenoxy) is 1. The first-order valence-electron chi connectivity index (χ1n) is 11.8. The Kier molecular flexibility index (Phi) is 4.31. The minimum Gasteiger partial charge on any atom is -0.489 e. The van der Waals surface area contributed by atoms with Gasteiger partial charge in [0.1, 0.15) is 24.2 Å². The summed E-state index contributed by atoms with van der Waals surface area (Å²) in [4.78, 5) is 7.47. The summed E-state index contributed by atoms with van der Waals surface area (Å²) in [6, 6.07) is 9.56. The lowest BCUT2D eigenvalue weighted by atomic mass is 9.77. The molecule has 7 heteroatoms. The molecule has 2 aliphatic carbocycles. The van der Waals surface area contributed by atoms with E-state index in [2.05, 4.69) is 35.1 Å². The first kappa shape index (κ1) is 20.5. The van der Waals surface area contributed by atoms with Crippen molar-refractivity contribution >= 4 is 11.3 Å². The van der Waals surface area contributed by atoms with Crippen molar-refractivity contribution in [3.8, 4) is 22.9 Å². The molecule has 3 aromatic heterocycles. The molecule has 4 aliphatic rings. The molecule has 33 heavy (non-hydrogen) atoms. The molecule has 7 nitrogen and oxygen atoms in total. The molecule has 5 heterocycles. The average Bonchev–Trinajstić information content (AvgIpc) is 3.35. The minimum atomic E-state index is -0.953. The standard InChI is InChI=1S/C26H29N5O2/c1-25(2,32)15-33-20-8-21(24-18(11-27)13-29-30(24)14-20)17-4-5-23(28-12-17)31-19-6-16-7-22(31)26(3,9-16)10-19/h4-5,8,12-14,16,19,22,32H,6-7,9-10,15H2,1-3H3. The van der Waals surface area contributed by atoms with Crippen molar-refractivity contribution in [2.24, 2.45) is 11.3 Å². The Hall–Kier alpha value is -3.11. The second-order valence-corrected chi connectivity index (χ2v) is 11.0. The minimum absolute atomic E-state index is 0.152. The third kappa shape index (κ3) is 3.27. The Balaban J connectivity index is 1.37. The summed E-state index contributed by atoms with van der Waals surface area (Å²) < 4.78 is 7.51. The molecule has 4 atom stereocenters. The van der Waals surface area contributed by atoms with Crippen LogP contribution in [0, 0.1) is 22.7 Å². The van der Waals surface area contributed by atoms with Gasteiger partial charge in [0.05, 0.1) is 29.1 Å². The smallest absolute Gasteiger partial charge is 0.138 e. The van der Waals surface area contributed by atoms with E-state index in [1.165, 1.54) is 25.7 Å². The van der Waals surface area contributed by atoms with Gasteiger partial charge >= 0.3 is 0 Å². The quantitative estimate of drug-likeness (QED) is 0.636. The van der Waals surface area contributed by atoms with Crippen molar-refractivity contribution in [2.45, 2.75) is 64.1 Å². The average molecular weight is 444 g/mol. The molecular weight excluding hydrogens is 414 g/mol. The third-order valence-electron chi connectivity index (χ3n) is 7.78. The Morgan fingerprint density at radius 1 is 1.27 bits per heavy atom. The number of fused-ring (bicyclic) bond motifs is 1. The lowest BCUT2D eigenvalue weighted by Crippen LogP contribution is -2.41. The summed E-state index contributed by atoms with van der Waals surface area (Å²) in [5.74, 6) is 2.52. The third-order valence-corrected chi connectivity index (χ3v) is 7.78. The largest absolute Gasteiger partial charge is 0.489 e. The van der Waals surface area contributed by atoms with Gasteiger partial charge in [0.2, 0.25) is 0 Å². The summed E-state index contributed by atoms with van der Waals surface area (Å²) in [5.41, 5.74) is 2.47. The van der Waals surface area contributed by atoms with E-state index < -0.39 is 5.60 Å². The maximum atomic E-state index is 10.1. The van der Waals surface area contributed by atoms with Crippen LogP contribution in [-0.2, 0) is 0 Å². The van der Waals surface area contributed by atoms with Gasteiger partial charge in [0.15, 0.2) is 0 Å². The van der Waals surface area contributed by atoms with E-state index in [-0.39, 0.29) is 6.61 Å². The molecule has 4 bridgehead atoms. The maximum Gasteiger partial charge on any atom is 0.138 e. The lowest BCUT2D eigenvalue weighted by Gasteiger charge is -2.37. The van der Waals surface area contributed by atoms with Crippen molar-refractivity contribution < 1.29 is 9.84 Å². The highest BCUT2D eigenvalue weighted by molar-refractivity contribution is 5.85. The Morgan fingerprint density at radius 3 is 2.82 bits per heavy atom. The van der Waals surface area contributed by atoms with Crippen LogP contribution in [-0.4, -0.2) is 44.0 Å². The van der Waals surface area contributed by atoms with E-state index in [9.17, 15) is 10.4 Å². The number of piperidine rings is 1. The molecule has 0 aromatic carbocycles. The molecule has 4 fully saturated rings. The molecule has 2 saturated carbocycles. The zero-order valence-electron chi connectivity index (χ0n) is 19.3. The monoisotopic (exact) mass is 443 g/mol. The summed E-state index contributed by atoms with van der Waals surface area (Å²) in [5, 5.41) is 24.0. The molecule has 1 N–H and O–H groups in total.